The average Bonchev–Trinajstić information content (AvgIpc) is 2.50. The van der Waals surface area contributed by atoms with E-state index in [1.807, 2.05) is 25.3 Å². The Morgan fingerprint density at radius 2 is 2.38 bits per heavy atom. The quantitative estimate of drug-likeness (QED) is 0.752. The van der Waals surface area contributed by atoms with Gasteiger partial charge in [-0.3, -0.25) is 4.79 Å². The molecule has 0 fully saturated rings. The molecule has 72 valence electrons. The number of carbonyl (C=O) groups excluding carboxylic acids is 1. The highest BCUT2D eigenvalue weighted by Gasteiger charge is 2.16. The van der Waals surface area contributed by atoms with E-state index in [-0.39, 0.29) is 11.7 Å². The van der Waals surface area contributed by atoms with Crippen LogP contribution in [0.25, 0.3) is 0 Å². The molecular formula is C10H15NOS. The van der Waals surface area contributed by atoms with Gasteiger partial charge < -0.3 is 5.73 Å². The van der Waals surface area contributed by atoms with Gasteiger partial charge in [0, 0.05) is 5.92 Å². The minimum atomic E-state index is 0.0577. The monoisotopic (exact) mass is 197 g/mol. The second kappa shape index (κ2) is 4.53. The highest BCUT2D eigenvalue weighted by Crippen LogP contribution is 2.20. The van der Waals surface area contributed by atoms with Gasteiger partial charge in [-0.25, -0.2) is 0 Å². The number of Topliss-reactive ketones (excluding diaryl/α,β-unsaturated/α-hetero) is 1. The third-order valence-electron chi connectivity index (χ3n) is 2.13. The van der Waals surface area contributed by atoms with Crippen LogP contribution in [0.4, 0.5) is 0 Å². The molecule has 1 atom stereocenters. The Morgan fingerprint density at radius 1 is 1.69 bits per heavy atom. The number of nitrogens with two attached hydrogens (primary N) is 1. The lowest BCUT2D eigenvalue weighted by molar-refractivity contribution is 0.0929. The average molecular weight is 197 g/mol. The summed E-state index contributed by atoms with van der Waals surface area (Å²) in [7, 11) is 0. The maximum Gasteiger partial charge on any atom is 0.175 e. The molecule has 0 saturated heterocycles. The summed E-state index contributed by atoms with van der Waals surface area (Å²) < 4.78 is 0. The lowest BCUT2D eigenvalue weighted by Gasteiger charge is -2.07. The standard InChI is InChI=1S/C10H15NOS/c1-7(3-5-11)9(12)10-8(2)4-6-13-10/h4,6-7H,3,5,11H2,1-2H3. The van der Waals surface area contributed by atoms with E-state index in [9.17, 15) is 4.79 Å². The Morgan fingerprint density at radius 3 is 2.85 bits per heavy atom. The number of carbonyl (C=O) groups is 1. The highest BCUT2D eigenvalue weighted by molar-refractivity contribution is 7.12. The third-order valence-corrected chi connectivity index (χ3v) is 3.16. The maximum atomic E-state index is 11.8. The second-order valence-corrected chi connectivity index (χ2v) is 4.19. The number of rotatable bonds is 4. The van der Waals surface area contributed by atoms with Gasteiger partial charge in [-0.2, -0.15) is 0 Å². The van der Waals surface area contributed by atoms with Crippen molar-refractivity contribution in [3.63, 3.8) is 0 Å². The molecule has 1 unspecified atom stereocenters. The Labute approximate surface area is 82.8 Å². The highest BCUT2D eigenvalue weighted by atomic mass is 32.1. The van der Waals surface area contributed by atoms with E-state index in [4.69, 9.17) is 5.73 Å². The fraction of sp³-hybridized carbons (Fsp3) is 0.500. The molecule has 0 radical (unpaired) electrons. The van der Waals surface area contributed by atoms with Crippen molar-refractivity contribution in [3.8, 4) is 0 Å². The lowest BCUT2D eigenvalue weighted by atomic mass is 10.00. The molecule has 2 nitrogen and oxygen atoms in total. The molecule has 13 heavy (non-hydrogen) atoms. The summed E-state index contributed by atoms with van der Waals surface area (Å²) in [4.78, 5) is 12.7. The Kier molecular flexibility index (Phi) is 3.63. The largest absolute Gasteiger partial charge is 0.330 e. The van der Waals surface area contributed by atoms with Crippen molar-refractivity contribution in [3.05, 3.63) is 21.9 Å². The minimum absolute atomic E-state index is 0.0577. The molecule has 1 heterocycles. The van der Waals surface area contributed by atoms with Crippen molar-refractivity contribution >= 4 is 17.1 Å². The van der Waals surface area contributed by atoms with Gasteiger partial charge in [0.1, 0.15) is 0 Å². The molecular weight excluding hydrogens is 182 g/mol. The first kappa shape index (κ1) is 10.4. The van der Waals surface area contributed by atoms with Crippen molar-refractivity contribution in [2.75, 3.05) is 6.54 Å². The number of hydrogen-bond acceptors (Lipinski definition) is 3. The fourth-order valence-corrected chi connectivity index (χ4v) is 2.21. The number of thiophene rings is 1. The van der Waals surface area contributed by atoms with Crippen LogP contribution in [0.1, 0.15) is 28.6 Å². The smallest absolute Gasteiger partial charge is 0.175 e. The predicted molar refractivity (Wildman–Crippen MR) is 56.2 cm³/mol. The van der Waals surface area contributed by atoms with Crippen molar-refractivity contribution in [2.24, 2.45) is 11.7 Å². The summed E-state index contributed by atoms with van der Waals surface area (Å²) in [6, 6.07) is 1.98. The summed E-state index contributed by atoms with van der Waals surface area (Å²) in [5.74, 6) is 0.292. The van der Waals surface area contributed by atoms with Gasteiger partial charge in [0.05, 0.1) is 4.88 Å². The predicted octanol–water partition coefficient (Wildman–Crippen LogP) is 2.22. The van der Waals surface area contributed by atoms with Gasteiger partial charge >= 0.3 is 0 Å². The summed E-state index contributed by atoms with van der Waals surface area (Å²) in [5.41, 5.74) is 6.49. The first-order valence-electron chi connectivity index (χ1n) is 4.45. The lowest BCUT2D eigenvalue weighted by Crippen LogP contribution is -2.15. The van der Waals surface area contributed by atoms with Crippen LogP contribution in [-0.2, 0) is 0 Å². The van der Waals surface area contributed by atoms with Crippen molar-refractivity contribution in [2.45, 2.75) is 20.3 Å². The van der Waals surface area contributed by atoms with Crippen LogP contribution < -0.4 is 5.73 Å². The molecule has 0 bridgehead atoms. The van der Waals surface area contributed by atoms with Crippen LogP contribution in [0.2, 0.25) is 0 Å². The summed E-state index contributed by atoms with van der Waals surface area (Å²) in [6.07, 6.45) is 0.774. The van der Waals surface area contributed by atoms with E-state index in [2.05, 4.69) is 0 Å². The fourth-order valence-electron chi connectivity index (χ4n) is 1.23. The number of hydrogen-bond donors (Lipinski definition) is 1. The topological polar surface area (TPSA) is 43.1 Å². The first-order chi connectivity index (χ1) is 6.16. The molecule has 0 aliphatic heterocycles. The molecule has 0 aromatic carbocycles. The van der Waals surface area contributed by atoms with E-state index >= 15 is 0 Å². The molecule has 1 rings (SSSR count). The normalized spacial score (nSPS) is 12.8. The van der Waals surface area contributed by atoms with Crippen LogP contribution in [-0.4, -0.2) is 12.3 Å². The van der Waals surface area contributed by atoms with E-state index < -0.39 is 0 Å². The zero-order valence-corrected chi connectivity index (χ0v) is 8.86. The van der Waals surface area contributed by atoms with Crippen molar-refractivity contribution < 1.29 is 4.79 Å². The summed E-state index contributed by atoms with van der Waals surface area (Å²) in [5, 5.41) is 1.96. The second-order valence-electron chi connectivity index (χ2n) is 3.28. The number of aryl methyl sites for hydroxylation is 1. The van der Waals surface area contributed by atoms with Gasteiger partial charge in [-0.1, -0.05) is 6.92 Å². The van der Waals surface area contributed by atoms with Gasteiger partial charge in [-0.05, 0) is 36.9 Å². The summed E-state index contributed by atoms with van der Waals surface area (Å²) >= 11 is 1.52. The van der Waals surface area contributed by atoms with E-state index in [0.717, 1.165) is 16.9 Å². The third kappa shape index (κ3) is 2.39. The SMILES string of the molecule is Cc1ccsc1C(=O)C(C)CCN. The first-order valence-corrected chi connectivity index (χ1v) is 5.33. The Hall–Kier alpha value is -0.670. The molecule has 2 N–H and O–H groups in total. The van der Waals surface area contributed by atoms with Crippen LogP contribution >= 0.6 is 11.3 Å². The van der Waals surface area contributed by atoms with E-state index in [0.29, 0.717) is 6.54 Å². The molecule has 0 aliphatic carbocycles. The molecule has 3 heteroatoms. The van der Waals surface area contributed by atoms with Crippen LogP contribution in [0.15, 0.2) is 11.4 Å². The molecule has 0 aliphatic rings. The van der Waals surface area contributed by atoms with Crippen molar-refractivity contribution in [1.82, 2.24) is 0 Å². The van der Waals surface area contributed by atoms with Gasteiger partial charge in [0.15, 0.2) is 5.78 Å². The Bertz CT molecular complexity index is 293. The van der Waals surface area contributed by atoms with Crippen molar-refractivity contribution in [1.29, 1.82) is 0 Å². The molecule has 1 aromatic rings. The minimum Gasteiger partial charge on any atom is -0.330 e. The van der Waals surface area contributed by atoms with Gasteiger partial charge in [0.2, 0.25) is 0 Å². The molecule has 1 aromatic heterocycles. The van der Waals surface area contributed by atoms with Crippen LogP contribution in [0, 0.1) is 12.8 Å². The zero-order chi connectivity index (χ0) is 9.84. The van der Waals surface area contributed by atoms with Gasteiger partial charge in [-0.15, -0.1) is 11.3 Å². The molecule has 0 amide bonds. The van der Waals surface area contributed by atoms with Crippen LogP contribution in [0.5, 0.6) is 0 Å². The number of ketones is 1. The van der Waals surface area contributed by atoms with E-state index in [1.54, 1.807) is 0 Å². The molecule has 0 spiro atoms. The van der Waals surface area contributed by atoms with Gasteiger partial charge in [0.25, 0.3) is 0 Å². The van der Waals surface area contributed by atoms with E-state index in [1.165, 1.54) is 11.3 Å². The molecule has 0 saturated carbocycles. The van der Waals surface area contributed by atoms with Crippen LogP contribution in [0.3, 0.4) is 0 Å². The summed E-state index contributed by atoms with van der Waals surface area (Å²) in [6.45, 7) is 4.49. The maximum absolute atomic E-state index is 11.8. The zero-order valence-electron chi connectivity index (χ0n) is 8.04. The Balaban J connectivity index is 2.73.